The van der Waals surface area contributed by atoms with E-state index in [9.17, 15) is 13.5 Å². The maximum Gasteiger partial charge on any atom is 0.263 e. The second-order valence-corrected chi connectivity index (χ2v) is 13.0. The van der Waals surface area contributed by atoms with Crippen LogP contribution in [0.1, 0.15) is 26.7 Å². The van der Waals surface area contributed by atoms with Crippen LogP contribution >= 0.6 is 15.9 Å². The molecule has 2 atom stereocenters. The minimum absolute atomic E-state index is 0.315. The number of fused-ring (bicyclic) bond motifs is 1. The highest BCUT2D eigenvalue weighted by atomic mass is 79.9. The number of likely N-dealkylation sites (N-methyl/N-ethyl adjacent to an activating group) is 1. The first kappa shape index (κ1) is 26.8. The number of allylic oxidation sites excluding steroid dienone is 3. The number of aliphatic hydroxyl groups is 1. The van der Waals surface area contributed by atoms with Gasteiger partial charge in [0.1, 0.15) is 16.0 Å². The number of anilines is 1. The second-order valence-electron chi connectivity index (χ2n) is 9.85. The van der Waals surface area contributed by atoms with Gasteiger partial charge in [-0.1, -0.05) is 35.0 Å². The van der Waals surface area contributed by atoms with Crippen LogP contribution < -0.4 is 9.64 Å². The minimum atomic E-state index is -3.97. The van der Waals surface area contributed by atoms with E-state index >= 15 is 0 Å². The normalized spacial score (nSPS) is 21.5. The number of hydrogen-bond acceptors (Lipinski definition) is 9. The molecule has 2 aliphatic rings. The Bertz CT molecular complexity index is 1510. The first-order valence-corrected chi connectivity index (χ1v) is 14.8. The van der Waals surface area contributed by atoms with Gasteiger partial charge in [-0.3, -0.25) is 4.98 Å². The van der Waals surface area contributed by atoms with Crippen molar-refractivity contribution >= 4 is 42.7 Å². The summed E-state index contributed by atoms with van der Waals surface area (Å²) in [6.07, 6.45) is 9.88. The Kier molecular flexibility index (Phi) is 7.33. The number of ether oxygens (including phenoxy) is 1. The van der Waals surface area contributed by atoms with E-state index in [4.69, 9.17) is 9.72 Å². The lowest BCUT2D eigenvalue weighted by Crippen LogP contribution is -2.45. The van der Waals surface area contributed by atoms with E-state index < -0.39 is 21.1 Å². The summed E-state index contributed by atoms with van der Waals surface area (Å²) in [5, 5.41) is 15.5. The fourth-order valence-electron chi connectivity index (χ4n) is 4.65. The summed E-state index contributed by atoms with van der Waals surface area (Å²) in [6.45, 7) is 6.84. The molecule has 0 aromatic carbocycles. The Balaban J connectivity index is 1.62. The summed E-state index contributed by atoms with van der Waals surface area (Å²) >= 11 is 3.42. The zero-order chi connectivity index (χ0) is 27.1. The number of aliphatic hydroxyl groups excluding tert-OH is 1. The maximum atomic E-state index is 13.9. The molecule has 3 aromatic rings. The fourth-order valence-corrected chi connectivity index (χ4v) is 7.07. The smallest absolute Gasteiger partial charge is 0.263 e. The average Bonchev–Trinajstić information content (AvgIpc) is 3.29. The third-order valence-electron chi connectivity index (χ3n) is 7.03. The standard InChI is InChI=1S/C26H31BrN6O4S/c1-4-23(34)37-22-14-18(16-29-25(22)32-12-10-31(3)11-13-32)24-20-7-9-28-17-21(20)33(30-24)38(35,36)26(2)8-5-6-19(27)15-26/h5-7,9,14-17,23,34H,4,8,10-13H2,1-3H3. The van der Waals surface area contributed by atoms with Crippen LogP contribution in [0.15, 0.2) is 53.4 Å². The summed E-state index contributed by atoms with van der Waals surface area (Å²) < 4.78 is 34.4. The molecule has 0 amide bonds. The van der Waals surface area contributed by atoms with Crippen molar-refractivity contribution in [1.29, 1.82) is 0 Å². The van der Waals surface area contributed by atoms with Gasteiger partial charge >= 0.3 is 0 Å². The van der Waals surface area contributed by atoms with Crippen LogP contribution in [0.2, 0.25) is 0 Å². The molecule has 12 heteroatoms. The van der Waals surface area contributed by atoms with Crippen LogP contribution in [-0.2, 0) is 10.0 Å². The summed E-state index contributed by atoms with van der Waals surface area (Å²) in [5.74, 6) is 1.07. The molecule has 1 fully saturated rings. The van der Waals surface area contributed by atoms with Gasteiger partial charge in [0.25, 0.3) is 10.0 Å². The molecular weight excluding hydrogens is 572 g/mol. The summed E-state index contributed by atoms with van der Waals surface area (Å²) in [4.78, 5) is 13.3. The Morgan fingerprint density at radius 1 is 1.24 bits per heavy atom. The number of aromatic nitrogens is 4. The van der Waals surface area contributed by atoms with E-state index in [0.29, 0.717) is 51.1 Å². The number of rotatable bonds is 7. The monoisotopic (exact) mass is 602 g/mol. The Labute approximate surface area is 230 Å². The van der Waals surface area contributed by atoms with Gasteiger partial charge < -0.3 is 19.6 Å². The van der Waals surface area contributed by atoms with E-state index in [1.165, 1.54) is 6.20 Å². The maximum absolute atomic E-state index is 13.9. The first-order chi connectivity index (χ1) is 18.1. The van der Waals surface area contributed by atoms with E-state index in [1.807, 2.05) is 19.1 Å². The highest BCUT2D eigenvalue weighted by molar-refractivity contribution is 9.11. The molecule has 0 bridgehead atoms. The number of piperazine rings is 1. The summed E-state index contributed by atoms with van der Waals surface area (Å²) in [6, 6.07) is 3.52. The number of pyridine rings is 2. The first-order valence-electron chi connectivity index (χ1n) is 12.5. The van der Waals surface area contributed by atoms with Crippen molar-refractivity contribution in [2.24, 2.45) is 0 Å². The molecule has 2 unspecified atom stereocenters. The largest absolute Gasteiger partial charge is 0.461 e. The van der Waals surface area contributed by atoms with E-state index in [2.05, 4.69) is 42.9 Å². The Morgan fingerprint density at radius 2 is 2.00 bits per heavy atom. The Hall–Kier alpha value is -2.80. The van der Waals surface area contributed by atoms with E-state index in [0.717, 1.165) is 30.3 Å². The van der Waals surface area contributed by atoms with Crippen LogP contribution in [0.3, 0.4) is 0 Å². The van der Waals surface area contributed by atoms with Crippen LogP contribution in [0.25, 0.3) is 22.2 Å². The van der Waals surface area contributed by atoms with Crippen LogP contribution in [-0.4, -0.2) is 81.8 Å². The zero-order valence-electron chi connectivity index (χ0n) is 21.6. The van der Waals surface area contributed by atoms with Crippen molar-refractivity contribution in [2.45, 2.75) is 37.7 Å². The molecule has 4 heterocycles. The van der Waals surface area contributed by atoms with Crippen molar-refractivity contribution in [1.82, 2.24) is 24.1 Å². The van der Waals surface area contributed by atoms with Gasteiger partial charge in [-0.15, -0.1) is 0 Å². The molecule has 0 saturated carbocycles. The fraction of sp³-hybridized carbons (Fsp3) is 0.423. The summed E-state index contributed by atoms with van der Waals surface area (Å²) in [7, 11) is -1.89. The van der Waals surface area contributed by atoms with Gasteiger partial charge in [0.2, 0.25) is 0 Å². The van der Waals surface area contributed by atoms with Crippen LogP contribution in [0.4, 0.5) is 5.82 Å². The molecule has 5 rings (SSSR count). The minimum Gasteiger partial charge on any atom is -0.461 e. The van der Waals surface area contributed by atoms with Gasteiger partial charge in [-0.05, 0) is 38.6 Å². The molecule has 1 saturated heterocycles. The lowest BCUT2D eigenvalue weighted by molar-refractivity contribution is -0.0190. The van der Waals surface area contributed by atoms with Gasteiger partial charge in [0, 0.05) is 60.4 Å². The van der Waals surface area contributed by atoms with Crippen molar-refractivity contribution in [3.63, 3.8) is 0 Å². The predicted octanol–water partition coefficient (Wildman–Crippen LogP) is 3.53. The Morgan fingerprint density at radius 3 is 2.71 bits per heavy atom. The molecule has 202 valence electrons. The third-order valence-corrected chi connectivity index (χ3v) is 9.72. The highest BCUT2D eigenvalue weighted by Gasteiger charge is 2.41. The predicted molar refractivity (Wildman–Crippen MR) is 151 cm³/mol. The van der Waals surface area contributed by atoms with Crippen molar-refractivity contribution in [3.05, 3.63) is 53.4 Å². The second kappa shape index (κ2) is 10.4. The quantitative estimate of drug-likeness (QED) is 0.406. The SMILES string of the molecule is CCC(O)Oc1cc(-c2nn(S(=O)(=O)C3(C)C=C(Br)C=CC3)c3cnccc23)cnc1N1CCN(C)CC1. The van der Waals surface area contributed by atoms with Crippen molar-refractivity contribution in [2.75, 3.05) is 38.1 Å². The van der Waals surface area contributed by atoms with Gasteiger partial charge in [0.15, 0.2) is 17.9 Å². The van der Waals surface area contributed by atoms with Gasteiger partial charge in [-0.25, -0.2) is 13.4 Å². The average molecular weight is 604 g/mol. The molecule has 0 spiro atoms. The topological polar surface area (TPSA) is 114 Å². The zero-order valence-corrected chi connectivity index (χ0v) is 24.0. The van der Waals surface area contributed by atoms with Crippen LogP contribution in [0.5, 0.6) is 5.75 Å². The third kappa shape index (κ3) is 4.86. The molecule has 3 aromatic heterocycles. The van der Waals surface area contributed by atoms with E-state index in [1.54, 1.807) is 37.5 Å². The van der Waals surface area contributed by atoms with Gasteiger partial charge in [-0.2, -0.15) is 9.19 Å². The molecule has 0 radical (unpaired) electrons. The molecule has 1 aliphatic heterocycles. The molecule has 38 heavy (non-hydrogen) atoms. The lowest BCUT2D eigenvalue weighted by atomic mass is 10.0. The molecule has 1 N–H and O–H groups in total. The lowest BCUT2D eigenvalue weighted by Gasteiger charge is -2.34. The number of hydrogen-bond donors (Lipinski definition) is 1. The van der Waals surface area contributed by atoms with Crippen LogP contribution in [0, 0.1) is 0 Å². The van der Waals surface area contributed by atoms with Crippen molar-refractivity contribution in [3.8, 4) is 17.0 Å². The highest BCUT2D eigenvalue weighted by Crippen LogP contribution is 2.38. The van der Waals surface area contributed by atoms with Crippen molar-refractivity contribution < 1.29 is 18.3 Å². The number of halogens is 1. The number of nitrogens with zero attached hydrogens (tertiary/aromatic N) is 6. The molecular formula is C26H31BrN6O4S. The summed E-state index contributed by atoms with van der Waals surface area (Å²) in [5.41, 5.74) is 1.40. The molecule has 1 aliphatic carbocycles. The van der Waals surface area contributed by atoms with Gasteiger partial charge in [0.05, 0.1) is 6.20 Å². The molecule has 10 nitrogen and oxygen atoms in total. The van der Waals surface area contributed by atoms with E-state index in [-0.39, 0.29) is 0 Å².